The molecule has 0 fully saturated rings. The third-order valence-corrected chi connectivity index (χ3v) is 3.92. The third kappa shape index (κ3) is 4.24. The Morgan fingerprint density at radius 3 is 2.36 bits per heavy atom. The second kappa shape index (κ2) is 8.64. The molecule has 28 heavy (non-hydrogen) atoms. The van der Waals surface area contributed by atoms with Crippen molar-refractivity contribution in [3.8, 4) is 23.3 Å². The summed E-state index contributed by atoms with van der Waals surface area (Å²) in [4.78, 5) is 4.19. The highest BCUT2D eigenvalue weighted by Crippen LogP contribution is 2.29. The van der Waals surface area contributed by atoms with Crippen molar-refractivity contribution in [2.24, 2.45) is 0 Å². The monoisotopic (exact) mass is 377 g/mol. The van der Waals surface area contributed by atoms with Gasteiger partial charge in [-0.3, -0.25) is 0 Å². The summed E-state index contributed by atoms with van der Waals surface area (Å²) >= 11 is 0. The summed E-state index contributed by atoms with van der Waals surface area (Å²) in [5.41, 5.74) is 1.80. The van der Waals surface area contributed by atoms with Crippen LogP contribution in [0, 0.1) is 11.3 Å². The van der Waals surface area contributed by atoms with Gasteiger partial charge in [0.1, 0.15) is 11.8 Å². The number of methoxy groups -OCH3 is 3. The lowest BCUT2D eigenvalue weighted by Gasteiger charge is -2.07. The highest BCUT2D eigenvalue weighted by molar-refractivity contribution is 5.69. The molecular formula is C21H19N3O4. The van der Waals surface area contributed by atoms with E-state index >= 15 is 0 Å². The van der Waals surface area contributed by atoms with Crippen LogP contribution in [0.5, 0.6) is 17.2 Å². The molecule has 0 aliphatic heterocycles. The van der Waals surface area contributed by atoms with Crippen molar-refractivity contribution in [1.82, 2.24) is 4.98 Å². The first-order chi connectivity index (χ1) is 13.7. The number of nitrogens with one attached hydrogen (secondary N) is 1. The first-order valence-electron chi connectivity index (χ1n) is 8.39. The van der Waals surface area contributed by atoms with E-state index in [0.717, 1.165) is 17.0 Å². The molecule has 0 aliphatic carbocycles. The largest absolute Gasteiger partial charge is 0.497 e. The molecule has 1 aromatic heterocycles. The highest BCUT2D eigenvalue weighted by Gasteiger charge is 2.12. The van der Waals surface area contributed by atoms with Crippen molar-refractivity contribution in [3.05, 3.63) is 59.6 Å². The zero-order chi connectivity index (χ0) is 19.9. The molecule has 0 radical (unpaired) electrons. The van der Waals surface area contributed by atoms with Crippen LogP contribution in [0.4, 0.5) is 11.6 Å². The van der Waals surface area contributed by atoms with Crippen LogP contribution in [0.3, 0.4) is 0 Å². The van der Waals surface area contributed by atoms with E-state index in [9.17, 15) is 5.26 Å². The summed E-state index contributed by atoms with van der Waals surface area (Å²) in [6.45, 7) is 0. The first kappa shape index (κ1) is 18.9. The fourth-order valence-corrected chi connectivity index (χ4v) is 2.50. The number of nitrogens with zero attached hydrogens (tertiary/aromatic N) is 2. The smallest absolute Gasteiger partial charge is 0.236 e. The number of oxazole rings is 1. The number of aromatic nitrogens is 1. The van der Waals surface area contributed by atoms with Crippen LogP contribution >= 0.6 is 0 Å². The van der Waals surface area contributed by atoms with Gasteiger partial charge in [0.2, 0.25) is 17.5 Å². The van der Waals surface area contributed by atoms with Crippen LogP contribution < -0.4 is 19.5 Å². The van der Waals surface area contributed by atoms with E-state index < -0.39 is 0 Å². The van der Waals surface area contributed by atoms with E-state index in [2.05, 4.69) is 10.3 Å². The van der Waals surface area contributed by atoms with Crippen LogP contribution in [0.1, 0.15) is 17.1 Å². The molecule has 2 aromatic carbocycles. The number of anilines is 2. The molecule has 0 spiro atoms. The zero-order valence-corrected chi connectivity index (χ0v) is 15.7. The molecule has 3 rings (SSSR count). The van der Waals surface area contributed by atoms with Crippen LogP contribution in [-0.4, -0.2) is 26.3 Å². The van der Waals surface area contributed by atoms with Crippen molar-refractivity contribution in [3.63, 3.8) is 0 Å². The van der Waals surface area contributed by atoms with Gasteiger partial charge in [0.15, 0.2) is 11.5 Å². The maximum absolute atomic E-state index is 9.32. The van der Waals surface area contributed by atoms with E-state index in [4.69, 9.17) is 18.6 Å². The van der Waals surface area contributed by atoms with Crippen molar-refractivity contribution >= 4 is 23.7 Å². The molecule has 0 unspecified atom stereocenters. The van der Waals surface area contributed by atoms with Gasteiger partial charge in [0, 0.05) is 11.8 Å². The summed E-state index contributed by atoms with van der Waals surface area (Å²) in [6, 6.07) is 14.8. The van der Waals surface area contributed by atoms with E-state index in [1.165, 1.54) is 0 Å². The second-order valence-electron chi connectivity index (χ2n) is 5.64. The zero-order valence-electron chi connectivity index (χ0n) is 15.7. The Bertz CT molecular complexity index is 1020. The molecule has 1 heterocycles. The average Bonchev–Trinajstić information content (AvgIpc) is 3.14. The maximum Gasteiger partial charge on any atom is 0.236 e. The number of rotatable bonds is 7. The van der Waals surface area contributed by atoms with Crippen LogP contribution in [0.25, 0.3) is 12.2 Å². The number of hydrogen-bond donors (Lipinski definition) is 1. The molecule has 3 aromatic rings. The van der Waals surface area contributed by atoms with Gasteiger partial charge in [0.05, 0.1) is 21.3 Å². The Balaban J connectivity index is 1.80. The minimum atomic E-state index is 0.169. The van der Waals surface area contributed by atoms with Gasteiger partial charge in [-0.1, -0.05) is 6.07 Å². The maximum atomic E-state index is 9.32. The Morgan fingerprint density at radius 2 is 1.71 bits per heavy atom. The molecule has 0 atom stereocenters. The van der Waals surface area contributed by atoms with Crippen molar-refractivity contribution in [2.75, 3.05) is 26.6 Å². The van der Waals surface area contributed by atoms with Crippen LogP contribution in [0.15, 0.2) is 46.9 Å². The molecule has 0 aliphatic rings. The molecule has 1 N–H and O–H groups in total. The van der Waals surface area contributed by atoms with Gasteiger partial charge in [-0.15, -0.1) is 0 Å². The molecule has 0 bridgehead atoms. The number of benzene rings is 2. The molecular weight excluding hydrogens is 358 g/mol. The minimum absolute atomic E-state index is 0.169. The Hall–Kier alpha value is -3.92. The van der Waals surface area contributed by atoms with Crippen LogP contribution in [0.2, 0.25) is 0 Å². The first-order valence-corrected chi connectivity index (χ1v) is 8.39. The van der Waals surface area contributed by atoms with Crippen LogP contribution in [-0.2, 0) is 0 Å². The number of ether oxygens (including phenoxy) is 3. The minimum Gasteiger partial charge on any atom is -0.497 e. The van der Waals surface area contributed by atoms with Gasteiger partial charge < -0.3 is 23.9 Å². The van der Waals surface area contributed by atoms with E-state index in [-0.39, 0.29) is 11.6 Å². The van der Waals surface area contributed by atoms with E-state index in [1.807, 2.05) is 54.6 Å². The topological polar surface area (TPSA) is 89.5 Å². The summed E-state index contributed by atoms with van der Waals surface area (Å²) < 4.78 is 21.3. The number of hydrogen-bond acceptors (Lipinski definition) is 7. The highest BCUT2D eigenvalue weighted by atomic mass is 16.5. The van der Waals surface area contributed by atoms with E-state index in [0.29, 0.717) is 17.4 Å². The lowest BCUT2D eigenvalue weighted by atomic mass is 10.2. The summed E-state index contributed by atoms with van der Waals surface area (Å²) in [5.74, 6) is 2.59. The van der Waals surface area contributed by atoms with Gasteiger partial charge in [0.25, 0.3) is 0 Å². The fraction of sp³-hybridized carbons (Fsp3) is 0.143. The SMILES string of the molecule is COc1ccc(Nc2oc(C=Cc3ccc(OC)c(OC)c3)nc2C#N)cc1. The van der Waals surface area contributed by atoms with Gasteiger partial charge in [-0.2, -0.15) is 10.2 Å². The van der Waals surface area contributed by atoms with Gasteiger partial charge in [-0.05, 0) is 48.0 Å². The molecule has 142 valence electrons. The molecule has 0 saturated heterocycles. The summed E-state index contributed by atoms with van der Waals surface area (Å²) in [5, 5.41) is 12.4. The number of nitriles is 1. The Morgan fingerprint density at radius 1 is 0.964 bits per heavy atom. The van der Waals surface area contributed by atoms with Crippen molar-refractivity contribution in [1.29, 1.82) is 5.26 Å². The average molecular weight is 377 g/mol. The molecule has 0 saturated carbocycles. The van der Waals surface area contributed by atoms with Gasteiger partial charge in [-0.25, -0.2) is 0 Å². The predicted molar refractivity (Wildman–Crippen MR) is 106 cm³/mol. The normalized spacial score (nSPS) is 10.5. The standard InChI is InChI=1S/C21H19N3O4/c1-25-16-8-6-15(7-9-16)23-21-17(13-22)24-20(28-21)11-5-14-4-10-18(26-2)19(12-14)27-3/h4-12,23H,1-3H3. The summed E-state index contributed by atoms with van der Waals surface area (Å²) in [6.07, 6.45) is 3.49. The second-order valence-corrected chi connectivity index (χ2v) is 5.64. The quantitative estimate of drug-likeness (QED) is 0.649. The lowest BCUT2D eigenvalue weighted by Crippen LogP contribution is -1.91. The predicted octanol–water partition coefficient (Wildman–Crippen LogP) is 4.49. The molecule has 7 heteroatoms. The Kier molecular flexibility index (Phi) is 5.82. The lowest BCUT2D eigenvalue weighted by molar-refractivity contribution is 0.355. The van der Waals surface area contributed by atoms with E-state index in [1.54, 1.807) is 27.4 Å². The van der Waals surface area contributed by atoms with Gasteiger partial charge >= 0.3 is 0 Å². The molecule has 7 nitrogen and oxygen atoms in total. The Labute approximate surface area is 162 Å². The van der Waals surface area contributed by atoms with Crippen molar-refractivity contribution in [2.45, 2.75) is 0 Å². The fourth-order valence-electron chi connectivity index (χ4n) is 2.50. The summed E-state index contributed by atoms with van der Waals surface area (Å²) in [7, 11) is 4.76. The van der Waals surface area contributed by atoms with Crippen molar-refractivity contribution < 1.29 is 18.6 Å². The third-order valence-electron chi connectivity index (χ3n) is 3.92. The molecule has 0 amide bonds.